The quantitative estimate of drug-likeness (QED) is 0.827. The maximum atomic E-state index is 12.3. The minimum atomic E-state index is -3.63. The lowest BCUT2D eigenvalue weighted by Gasteiger charge is -2.22. The first-order valence-corrected chi connectivity index (χ1v) is 10.0. The molecule has 1 amide bonds. The van der Waals surface area contributed by atoms with Crippen LogP contribution in [0.5, 0.6) is 0 Å². The molecule has 0 fully saturated rings. The third-order valence-electron chi connectivity index (χ3n) is 3.64. The summed E-state index contributed by atoms with van der Waals surface area (Å²) in [6.45, 7) is 3.84. The van der Waals surface area contributed by atoms with Crippen LogP contribution in [0.15, 0.2) is 48.5 Å². The smallest absolute Gasteiger partial charge is 0.245 e. The zero-order chi connectivity index (χ0) is 18.6. The van der Waals surface area contributed by atoms with Gasteiger partial charge in [0, 0.05) is 10.7 Å². The highest BCUT2D eigenvalue weighted by Crippen LogP contribution is 2.22. The van der Waals surface area contributed by atoms with Crippen molar-refractivity contribution < 1.29 is 13.2 Å². The second-order valence-corrected chi connectivity index (χ2v) is 8.42. The molecule has 0 unspecified atom stereocenters. The van der Waals surface area contributed by atoms with Gasteiger partial charge in [-0.25, -0.2) is 8.42 Å². The summed E-state index contributed by atoms with van der Waals surface area (Å²) in [5.74, 6) is -0.0315. The van der Waals surface area contributed by atoms with Gasteiger partial charge in [0.05, 0.1) is 11.9 Å². The van der Waals surface area contributed by atoms with Gasteiger partial charge < -0.3 is 5.32 Å². The predicted octanol–water partition coefficient (Wildman–Crippen LogP) is 3.87. The van der Waals surface area contributed by atoms with Crippen LogP contribution in [0.1, 0.15) is 25.3 Å². The van der Waals surface area contributed by atoms with Crippen LogP contribution in [0, 0.1) is 0 Å². The van der Waals surface area contributed by atoms with Gasteiger partial charge in [-0.3, -0.25) is 9.10 Å². The first-order chi connectivity index (χ1) is 11.7. The van der Waals surface area contributed by atoms with Gasteiger partial charge in [0.25, 0.3) is 0 Å². The standard InChI is InChI=1S/C18H21ClN2O3S/c1-13(2)14-7-9-16(10-8-14)20-18(22)12-21(25(3,23)24)17-6-4-5-15(19)11-17/h4-11,13H,12H2,1-3H3,(H,20,22). The fourth-order valence-electron chi connectivity index (χ4n) is 2.31. The normalized spacial score (nSPS) is 11.4. The predicted molar refractivity (Wildman–Crippen MR) is 103 cm³/mol. The number of nitrogens with zero attached hydrogens (tertiary/aromatic N) is 1. The van der Waals surface area contributed by atoms with E-state index in [1.165, 1.54) is 6.07 Å². The molecule has 2 aromatic rings. The average molecular weight is 381 g/mol. The number of carbonyl (C=O) groups excluding carboxylic acids is 1. The molecule has 7 heteroatoms. The van der Waals surface area contributed by atoms with E-state index < -0.39 is 15.9 Å². The summed E-state index contributed by atoms with van der Waals surface area (Å²) < 4.78 is 25.1. The number of hydrogen-bond donors (Lipinski definition) is 1. The molecule has 0 aliphatic carbocycles. The van der Waals surface area contributed by atoms with Crippen LogP contribution in [-0.4, -0.2) is 27.1 Å². The van der Waals surface area contributed by atoms with Gasteiger partial charge in [0.2, 0.25) is 15.9 Å². The number of halogens is 1. The van der Waals surface area contributed by atoms with Crippen molar-refractivity contribution in [1.82, 2.24) is 0 Å². The van der Waals surface area contributed by atoms with E-state index in [1.807, 2.05) is 12.1 Å². The molecule has 0 radical (unpaired) electrons. The third kappa shape index (κ3) is 5.47. The van der Waals surface area contributed by atoms with Crippen LogP contribution in [0.4, 0.5) is 11.4 Å². The Kier molecular flexibility index (Phi) is 6.08. The van der Waals surface area contributed by atoms with E-state index in [0.29, 0.717) is 22.3 Å². The van der Waals surface area contributed by atoms with Crippen molar-refractivity contribution in [1.29, 1.82) is 0 Å². The van der Waals surface area contributed by atoms with Gasteiger partial charge in [0.1, 0.15) is 6.54 Å². The number of benzene rings is 2. The zero-order valence-corrected chi connectivity index (χ0v) is 15.9. The molecular weight excluding hydrogens is 360 g/mol. The highest BCUT2D eigenvalue weighted by Gasteiger charge is 2.21. The van der Waals surface area contributed by atoms with Crippen molar-refractivity contribution in [2.45, 2.75) is 19.8 Å². The Hall–Kier alpha value is -2.05. The Labute approximate surface area is 153 Å². The van der Waals surface area contributed by atoms with Gasteiger partial charge in [-0.15, -0.1) is 0 Å². The molecule has 0 aliphatic rings. The number of anilines is 2. The Morgan fingerprint density at radius 3 is 2.32 bits per heavy atom. The summed E-state index contributed by atoms with van der Waals surface area (Å²) >= 11 is 5.92. The van der Waals surface area contributed by atoms with Gasteiger partial charge in [0.15, 0.2) is 0 Å². The monoisotopic (exact) mass is 380 g/mol. The van der Waals surface area contributed by atoms with Crippen LogP contribution in [0.25, 0.3) is 0 Å². The highest BCUT2D eigenvalue weighted by atomic mass is 35.5. The largest absolute Gasteiger partial charge is 0.325 e. The fourth-order valence-corrected chi connectivity index (χ4v) is 3.35. The van der Waals surface area contributed by atoms with Crippen molar-refractivity contribution in [2.24, 2.45) is 0 Å². The Balaban J connectivity index is 2.15. The van der Waals surface area contributed by atoms with Crippen molar-refractivity contribution in [3.8, 4) is 0 Å². The number of nitrogens with one attached hydrogen (secondary N) is 1. The number of rotatable bonds is 6. The molecule has 2 aromatic carbocycles. The SMILES string of the molecule is CC(C)c1ccc(NC(=O)CN(c2cccc(Cl)c2)S(C)(=O)=O)cc1. The topological polar surface area (TPSA) is 66.5 Å². The summed E-state index contributed by atoms with van der Waals surface area (Å²) in [7, 11) is -3.63. The van der Waals surface area contributed by atoms with Crippen LogP contribution in [-0.2, 0) is 14.8 Å². The first-order valence-electron chi connectivity index (χ1n) is 7.80. The summed E-state index contributed by atoms with van der Waals surface area (Å²) in [6, 6.07) is 13.9. The lowest BCUT2D eigenvalue weighted by molar-refractivity contribution is -0.114. The van der Waals surface area contributed by atoms with Gasteiger partial charge >= 0.3 is 0 Å². The second-order valence-electron chi connectivity index (χ2n) is 6.07. The van der Waals surface area contributed by atoms with E-state index in [2.05, 4.69) is 19.2 Å². The maximum Gasteiger partial charge on any atom is 0.245 e. The van der Waals surface area contributed by atoms with E-state index in [4.69, 9.17) is 11.6 Å². The third-order valence-corrected chi connectivity index (χ3v) is 5.02. The molecule has 0 heterocycles. The van der Waals surface area contributed by atoms with E-state index in [0.717, 1.165) is 16.1 Å². The van der Waals surface area contributed by atoms with Crippen LogP contribution < -0.4 is 9.62 Å². The van der Waals surface area contributed by atoms with Crippen LogP contribution in [0.2, 0.25) is 5.02 Å². The molecule has 0 aliphatic heterocycles. The van der Waals surface area contributed by atoms with Gasteiger partial charge in [-0.1, -0.05) is 43.6 Å². The summed E-state index contributed by atoms with van der Waals surface area (Å²) in [5.41, 5.74) is 2.13. The van der Waals surface area contributed by atoms with Crippen molar-refractivity contribution in [2.75, 3.05) is 22.4 Å². The lowest BCUT2D eigenvalue weighted by Crippen LogP contribution is -2.37. The Morgan fingerprint density at radius 1 is 1.16 bits per heavy atom. The van der Waals surface area contributed by atoms with Crippen LogP contribution in [0.3, 0.4) is 0 Å². The molecule has 0 aromatic heterocycles. The van der Waals surface area contributed by atoms with Gasteiger partial charge in [-0.05, 0) is 41.8 Å². The molecule has 0 bridgehead atoms. The molecule has 0 saturated carbocycles. The lowest BCUT2D eigenvalue weighted by atomic mass is 10.0. The first kappa shape index (κ1) is 19.3. The fraction of sp³-hybridized carbons (Fsp3) is 0.278. The highest BCUT2D eigenvalue weighted by molar-refractivity contribution is 7.92. The number of carbonyl (C=O) groups is 1. The number of amides is 1. The molecule has 0 atom stereocenters. The van der Waals surface area contributed by atoms with E-state index in [1.54, 1.807) is 30.3 Å². The minimum Gasteiger partial charge on any atom is -0.325 e. The second kappa shape index (κ2) is 7.89. The summed E-state index contributed by atoms with van der Waals surface area (Å²) in [6.07, 6.45) is 1.05. The zero-order valence-electron chi connectivity index (χ0n) is 14.4. The van der Waals surface area contributed by atoms with Crippen molar-refractivity contribution in [3.05, 3.63) is 59.1 Å². The molecule has 2 rings (SSSR count). The molecular formula is C18H21ClN2O3S. The summed E-state index contributed by atoms with van der Waals surface area (Å²) in [5, 5.41) is 3.12. The van der Waals surface area contributed by atoms with Crippen molar-refractivity contribution in [3.63, 3.8) is 0 Å². The molecule has 25 heavy (non-hydrogen) atoms. The molecule has 134 valence electrons. The van der Waals surface area contributed by atoms with E-state index in [-0.39, 0.29) is 6.54 Å². The Bertz CT molecular complexity index is 849. The van der Waals surface area contributed by atoms with E-state index >= 15 is 0 Å². The summed E-state index contributed by atoms with van der Waals surface area (Å²) in [4.78, 5) is 12.3. The number of sulfonamides is 1. The van der Waals surface area contributed by atoms with E-state index in [9.17, 15) is 13.2 Å². The molecule has 1 N–H and O–H groups in total. The molecule has 0 saturated heterocycles. The average Bonchev–Trinajstić information content (AvgIpc) is 2.52. The van der Waals surface area contributed by atoms with Gasteiger partial charge in [-0.2, -0.15) is 0 Å². The maximum absolute atomic E-state index is 12.3. The van der Waals surface area contributed by atoms with Crippen LogP contribution >= 0.6 is 11.6 Å². The molecule has 0 spiro atoms. The number of hydrogen-bond acceptors (Lipinski definition) is 3. The van der Waals surface area contributed by atoms with Crippen molar-refractivity contribution >= 4 is 38.9 Å². The minimum absolute atomic E-state index is 0.328. The molecule has 5 nitrogen and oxygen atoms in total. The Morgan fingerprint density at radius 2 is 1.80 bits per heavy atom.